The molecule has 0 bridgehead atoms. The standard InChI is InChI=1S/C13H13F3N4O/c1-7-18-3-2-8(20-7)6-19-11-5-12(21-13(15)16)9(14)4-10(11)17/h2-5,13,19H,6,17H2,1H3. The first-order valence-corrected chi connectivity index (χ1v) is 6.02. The largest absolute Gasteiger partial charge is 0.432 e. The van der Waals surface area contributed by atoms with Crippen molar-refractivity contribution in [3.63, 3.8) is 0 Å². The molecule has 0 saturated heterocycles. The Labute approximate surface area is 119 Å². The Kier molecular flexibility index (Phi) is 4.46. The van der Waals surface area contributed by atoms with Gasteiger partial charge in [0.1, 0.15) is 5.82 Å². The van der Waals surface area contributed by atoms with Crippen molar-refractivity contribution in [2.45, 2.75) is 20.1 Å². The number of alkyl halides is 2. The van der Waals surface area contributed by atoms with Crippen LogP contribution in [-0.2, 0) is 6.54 Å². The topological polar surface area (TPSA) is 73.1 Å². The van der Waals surface area contributed by atoms with Gasteiger partial charge in [-0.05, 0) is 13.0 Å². The Morgan fingerprint density at radius 1 is 1.38 bits per heavy atom. The molecule has 0 spiro atoms. The number of hydrogen-bond acceptors (Lipinski definition) is 5. The van der Waals surface area contributed by atoms with Gasteiger partial charge >= 0.3 is 6.61 Å². The maximum Gasteiger partial charge on any atom is 0.387 e. The zero-order chi connectivity index (χ0) is 15.4. The molecule has 1 heterocycles. The third-order valence-electron chi connectivity index (χ3n) is 2.61. The number of nitrogens with zero attached hydrogens (tertiary/aromatic N) is 2. The summed E-state index contributed by atoms with van der Waals surface area (Å²) in [7, 11) is 0. The van der Waals surface area contributed by atoms with Crippen molar-refractivity contribution in [1.82, 2.24) is 9.97 Å². The van der Waals surface area contributed by atoms with Gasteiger partial charge in [0.2, 0.25) is 0 Å². The number of hydrogen-bond donors (Lipinski definition) is 2. The minimum absolute atomic E-state index is 0.0832. The second kappa shape index (κ2) is 6.29. The highest BCUT2D eigenvalue weighted by molar-refractivity contribution is 5.68. The summed E-state index contributed by atoms with van der Waals surface area (Å²) >= 11 is 0. The van der Waals surface area contributed by atoms with Gasteiger partial charge in [0, 0.05) is 18.3 Å². The van der Waals surface area contributed by atoms with Gasteiger partial charge in [0.05, 0.1) is 23.6 Å². The summed E-state index contributed by atoms with van der Waals surface area (Å²) in [6.45, 7) is -1.09. The van der Waals surface area contributed by atoms with Crippen molar-refractivity contribution >= 4 is 11.4 Å². The van der Waals surface area contributed by atoms with Gasteiger partial charge in [0.25, 0.3) is 0 Å². The van der Waals surface area contributed by atoms with E-state index in [1.165, 1.54) is 0 Å². The summed E-state index contributed by atoms with van der Waals surface area (Å²) < 4.78 is 41.8. The highest BCUT2D eigenvalue weighted by atomic mass is 19.3. The molecule has 8 heteroatoms. The lowest BCUT2D eigenvalue weighted by Gasteiger charge is -2.12. The van der Waals surface area contributed by atoms with Crippen molar-refractivity contribution in [2.75, 3.05) is 11.1 Å². The van der Waals surface area contributed by atoms with Crippen molar-refractivity contribution in [2.24, 2.45) is 0 Å². The SMILES string of the molecule is Cc1nccc(CNc2cc(OC(F)F)c(F)cc2N)n1. The van der Waals surface area contributed by atoms with E-state index in [1.807, 2.05) is 0 Å². The number of nitrogens with one attached hydrogen (secondary N) is 1. The van der Waals surface area contributed by atoms with Crippen LogP contribution in [0, 0.1) is 12.7 Å². The number of halogens is 3. The van der Waals surface area contributed by atoms with Crippen LogP contribution in [0.4, 0.5) is 24.5 Å². The molecule has 0 aliphatic heterocycles. The molecule has 112 valence electrons. The van der Waals surface area contributed by atoms with E-state index in [0.717, 1.165) is 12.1 Å². The molecule has 2 aromatic rings. The highest BCUT2D eigenvalue weighted by Gasteiger charge is 2.13. The first-order valence-electron chi connectivity index (χ1n) is 6.02. The van der Waals surface area contributed by atoms with Crippen LogP contribution >= 0.6 is 0 Å². The van der Waals surface area contributed by atoms with E-state index in [1.54, 1.807) is 19.2 Å². The quantitative estimate of drug-likeness (QED) is 0.830. The fraction of sp³-hybridized carbons (Fsp3) is 0.231. The molecule has 5 nitrogen and oxygen atoms in total. The summed E-state index contributed by atoms with van der Waals surface area (Å²) in [5, 5.41) is 2.89. The zero-order valence-electron chi connectivity index (χ0n) is 11.1. The van der Waals surface area contributed by atoms with Crippen LogP contribution in [-0.4, -0.2) is 16.6 Å². The number of rotatable bonds is 5. The fourth-order valence-electron chi connectivity index (χ4n) is 1.70. The number of nitrogens with two attached hydrogens (primary N) is 1. The Balaban J connectivity index is 2.15. The minimum atomic E-state index is -3.11. The molecule has 0 amide bonds. The van der Waals surface area contributed by atoms with E-state index in [2.05, 4.69) is 20.0 Å². The molecule has 0 unspecified atom stereocenters. The lowest BCUT2D eigenvalue weighted by atomic mass is 10.2. The van der Waals surface area contributed by atoms with Gasteiger partial charge < -0.3 is 15.8 Å². The van der Waals surface area contributed by atoms with E-state index >= 15 is 0 Å². The van der Waals surface area contributed by atoms with E-state index in [0.29, 0.717) is 11.5 Å². The average molecular weight is 298 g/mol. The summed E-state index contributed by atoms with van der Waals surface area (Å²) in [6.07, 6.45) is 1.60. The number of anilines is 2. The Morgan fingerprint density at radius 3 is 2.81 bits per heavy atom. The molecule has 0 aliphatic rings. The molecule has 2 rings (SSSR count). The molecule has 0 aliphatic carbocycles. The molecule has 1 aromatic heterocycles. The van der Waals surface area contributed by atoms with E-state index in [4.69, 9.17) is 5.73 Å². The molecular formula is C13H13F3N4O. The molecular weight excluding hydrogens is 285 g/mol. The van der Waals surface area contributed by atoms with Crippen LogP contribution in [0.3, 0.4) is 0 Å². The van der Waals surface area contributed by atoms with Crippen LogP contribution in [0.25, 0.3) is 0 Å². The van der Waals surface area contributed by atoms with Gasteiger partial charge in [-0.25, -0.2) is 14.4 Å². The van der Waals surface area contributed by atoms with E-state index in [9.17, 15) is 13.2 Å². The van der Waals surface area contributed by atoms with Crippen molar-refractivity contribution in [1.29, 1.82) is 0 Å². The van der Waals surface area contributed by atoms with Crippen LogP contribution < -0.4 is 15.8 Å². The Hall–Kier alpha value is -2.51. The van der Waals surface area contributed by atoms with E-state index in [-0.39, 0.29) is 17.9 Å². The predicted octanol–water partition coefficient (Wildman–Crippen LogP) is 2.72. The lowest BCUT2D eigenvalue weighted by Crippen LogP contribution is -2.08. The monoisotopic (exact) mass is 298 g/mol. The lowest BCUT2D eigenvalue weighted by molar-refractivity contribution is -0.0521. The smallest absolute Gasteiger partial charge is 0.387 e. The van der Waals surface area contributed by atoms with Crippen LogP contribution in [0.2, 0.25) is 0 Å². The number of aryl methyl sites for hydroxylation is 1. The molecule has 0 radical (unpaired) electrons. The highest BCUT2D eigenvalue weighted by Crippen LogP contribution is 2.29. The third-order valence-corrected chi connectivity index (χ3v) is 2.61. The van der Waals surface area contributed by atoms with Crippen molar-refractivity contribution in [3.05, 3.63) is 41.7 Å². The fourth-order valence-corrected chi connectivity index (χ4v) is 1.70. The molecule has 0 fully saturated rings. The number of aromatic nitrogens is 2. The van der Waals surface area contributed by atoms with Crippen LogP contribution in [0.1, 0.15) is 11.5 Å². The van der Waals surface area contributed by atoms with Gasteiger partial charge in [0.15, 0.2) is 11.6 Å². The van der Waals surface area contributed by atoms with E-state index < -0.39 is 18.2 Å². The molecule has 0 saturated carbocycles. The predicted molar refractivity (Wildman–Crippen MR) is 71.5 cm³/mol. The average Bonchev–Trinajstić information content (AvgIpc) is 2.40. The number of nitrogen functional groups attached to an aromatic ring is 1. The molecule has 1 aromatic carbocycles. The van der Waals surface area contributed by atoms with Gasteiger partial charge in [-0.3, -0.25) is 0 Å². The van der Waals surface area contributed by atoms with Crippen molar-refractivity contribution in [3.8, 4) is 5.75 Å². The third kappa shape index (κ3) is 3.98. The zero-order valence-corrected chi connectivity index (χ0v) is 11.1. The summed E-state index contributed by atoms with van der Waals surface area (Å²) in [5.74, 6) is -0.917. The molecule has 3 N–H and O–H groups in total. The number of benzene rings is 1. The summed E-state index contributed by atoms with van der Waals surface area (Å²) in [6, 6.07) is 3.70. The van der Waals surface area contributed by atoms with Gasteiger partial charge in [-0.15, -0.1) is 0 Å². The van der Waals surface area contributed by atoms with Gasteiger partial charge in [-0.2, -0.15) is 8.78 Å². The van der Waals surface area contributed by atoms with Crippen molar-refractivity contribution < 1.29 is 17.9 Å². The maximum atomic E-state index is 13.4. The number of ether oxygens (including phenoxy) is 1. The second-order valence-corrected chi connectivity index (χ2v) is 4.20. The van der Waals surface area contributed by atoms with Crippen LogP contribution in [0.15, 0.2) is 24.4 Å². The van der Waals surface area contributed by atoms with Crippen LogP contribution in [0.5, 0.6) is 5.75 Å². The molecule has 21 heavy (non-hydrogen) atoms. The first kappa shape index (κ1) is 14.9. The Bertz CT molecular complexity index is 637. The maximum absolute atomic E-state index is 13.4. The minimum Gasteiger partial charge on any atom is -0.432 e. The first-order chi connectivity index (χ1) is 9.95. The summed E-state index contributed by atoms with van der Waals surface area (Å²) in [5.41, 5.74) is 6.68. The second-order valence-electron chi connectivity index (χ2n) is 4.20. The Morgan fingerprint density at radius 2 is 2.14 bits per heavy atom. The van der Waals surface area contributed by atoms with Gasteiger partial charge in [-0.1, -0.05) is 0 Å². The normalized spacial score (nSPS) is 10.7. The summed E-state index contributed by atoms with van der Waals surface area (Å²) in [4.78, 5) is 8.12. The molecule has 0 atom stereocenters.